The Morgan fingerprint density at radius 2 is 1.89 bits per heavy atom. The minimum atomic E-state index is 0.646. The summed E-state index contributed by atoms with van der Waals surface area (Å²) >= 11 is 0. The van der Waals surface area contributed by atoms with E-state index >= 15 is 0 Å². The van der Waals surface area contributed by atoms with E-state index in [1.165, 1.54) is 38.9 Å². The van der Waals surface area contributed by atoms with Gasteiger partial charge < -0.3 is 15.5 Å². The molecule has 18 heavy (non-hydrogen) atoms. The molecule has 0 aromatic rings. The van der Waals surface area contributed by atoms with Crippen molar-refractivity contribution in [1.82, 2.24) is 9.80 Å². The molecule has 0 spiro atoms. The van der Waals surface area contributed by atoms with Crippen LogP contribution in [-0.2, 0) is 0 Å². The number of rotatable bonds is 7. The highest BCUT2D eigenvalue weighted by Gasteiger charge is 2.18. The fraction of sp³-hybridized carbons (Fsp3) is 1.00. The highest BCUT2D eigenvalue weighted by molar-refractivity contribution is 4.73. The SMILES string of the molecule is CC(C)C(CN)CN(C)CCC1CCN(C)CC1. The quantitative estimate of drug-likeness (QED) is 0.754. The minimum absolute atomic E-state index is 0.646. The van der Waals surface area contributed by atoms with Gasteiger partial charge in [-0.2, -0.15) is 0 Å². The summed E-state index contributed by atoms with van der Waals surface area (Å²) in [5, 5.41) is 0. The Balaban J connectivity index is 2.18. The standard InChI is InChI=1S/C15H33N3/c1-13(2)15(11-16)12-18(4)10-7-14-5-8-17(3)9-6-14/h13-15H,5-12,16H2,1-4H3. The van der Waals surface area contributed by atoms with Crippen LogP contribution in [0.15, 0.2) is 0 Å². The molecule has 1 aliphatic heterocycles. The van der Waals surface area contributed by atoms with E-state index in [0.29, 0.717) is 11.8 Å². The molecule has 0 aromatic carbocycles. The van der Waals surface area contributed by atoms with Gasteiger partial charge in [0.2, 0.25) is 0 Å². The van der Waals surface area contributed by atoms with E-state index in [0.717, 1.165) is 19.0 Å². The Labute approximate surface area is 114 Å². The van der Waals surface area contributed by atoms with E-state index < -0.39 is 0 Å². The van der Waals surface area contributed by atoms with E-state index in [-0.39, 0.29) is 0 Å². The second-order valence-electron chi connectivity index (χ2n) is 6.54. The van der Waals surface area contributed by atoms with E-state index in [1.54, 1.807) is 0 Å². The maximum absolute atomic E-state index is 5.84. The normalized spacial score (nSPS) is 20.8. The largest absolute Gasteiger partial charge is 0.330 e. The van der Waals surface area contributed by atoms with Gasteiger partial charge >= 0.3 is 0 Å². The summed E-state index contributed by atoms with van der Waals surface area (Å²) in [5.74, 6) is 2.28. The second-order valence-corrected chi connectivity index (χ2v) is 6.54. The lowest BCUT2D eigenvalue weighted by Gasteiger charge is -2.31. The molecule has 2 N–H and O–H groups in total. The number of hydrogen-bond donors (Lipinski definition) is 1. The molecule has 108 valence electrons. The van der Waals surface area contributed by atoms with E-state index in [4.69, 9.17) is 5.73 Å². The number of nitrogens with zero attached hydrogens (tertiary/aromatic N) is 2. The Morgan fingerprint density at radius 1 is 1.28 bits per heavy atom. The van der Waals surface area contributed by atoms with Gasteiger partial charge in [-0.05, 0) is 77.3 Å². The van der Waals surface area contributed by atoms with Crippen molar-refractivity contribution < 1.29 is 0 Å². The molecule has 0 radical (unpaired) electrons. The molecule has 1 unspecified atom stereocenters. The van der Waals surface area contributed by atoms with E-state index in [9.17, 15) is 0 Å². The number of nitrogens with two attached hydrogens (primary N) is 1. The van der Waals surface area contributed by atoms with Crippen molar-refractivity contribution in [3.05, 3.63) is 0 Å². The van der Waals surface area contributed by atoms with Gasteiger partial charge in [0.25, 0.3) is 0 Å². The van der Waals surface area contributed by atoms with Crippen molar-refractivity contribution in [1.29, 1.82) is 0 Å². The first-order chi connectivity index (χ1) is 8.52. The predicted octanol–water partition coefficient (Wildman–Crippen LogP) is 1.88. The van der Waals surface area contributed by atoms with E-state index in [2.05, 4.69) is 37.7 Å². The van der Waals surface area contributed by atoms with Crippen molar-refractivity contribution in [2.45, 2.75) is 33.1 Å². The number of hydrogen-bond acceptors (Lipinski definition) is 3. The van der Waals surface area contributed by atoms with Crippen molar-refractivity contribution in [3.8, 4) is 0 Å². The molecular weight excluding hydrogens is 222 g/mol. The predicted molar refractivity (Wildman–Crippen MR) is 79.7 cm³/mol. The lowest BCUT2D eigenvalue weighted by atomic mass is 9.92. The van der Waals surface area contributed by atoms with Crippen LogP contribution < -0.4 is 5.73 Å². The zero-order valence-corrected chi connectivity index (χ0v) is 12.9. The van der Waals surface area contributed by atoms with Gasteiger partial charge in [0.15, 0.2) is 0 Å². The van der Waals surface area contributed by atoms with Gasteiger partial charge in [-0.15, -0.1) is 0 Å². The Hall–Kier alpha value is -0.120. The van der Waals surface area contributed by atoms with Gasteiger partial charge in [-0.25, -0.2) is 0 Å². The van der Waals surface area contributed by atoms with Crippen LogP contribution in [0.2, 0.25) is 0 Å². The first-order valence-corrected chi connectivity index (χ1v) is 7.60. The maximum atomic E-state index is 5.84. The molecule has 1 saturated heterocycles. The first kappa shape index (κ1) is 15.9. The third-order valence-electron chi connectivity index (χ3n) is 4.55. The zero-order chi connectivity index (χ0) is 13.5. The molecule has 1 atom stereocenters. The summed E-state index contributed by atoms with van der Waals surface area (Å²) < 4.78 is 0. The fourth-order valence-corrected chi connectivity index (χ4v) is 2.80. The van der Waals surface area contributed by atoms with Crippen LogP contribution in [-0.4, -0.2) is 56.6 Å². The molecule has 3 nitrogen and oxygen atoms in total. The summed E-state index contributed by atoms with van der Waals surface area (Å²) in [4.78, 5) is 4.93. The molecule has 0 amide bonds. The van der Waals surface area contributed by atoms with Crippen LogP contribution in [0.5, 0.6) is 0 Å². The van der Waals surface area contributed by atoms with Crippen LogP contribution in [0.4, 0.5) is 0 Å². The molecule has 0 bridgehead atoms. The lowest BCUT2D eigenvalue weighted by molar-refractivity contribution is 0.182. The molecule has 0 aromatic heterocycles. The van der Waals surface area contributed by atoms with Crippen molar-refractivity contribution in [2.24, 2.45) is 23.5 Å². The summed E-state index contributed by atoms with van der Waals surface area (Å²) in [7, 11) is 4.48. The molecule has 0 aliphatic carbocycles. The van der Waals surface area contributed by atoms with Gasteiger partial charge in [0.1, 0.15) is 0 Å². The molecule has 0 saturated carbocycles. The number of piperidine rings is 1. The Bertz CT molecular complexity index is 210. The Morgan fingerprint density at radius 3 is 2.39 bits per heavy atom. The summed E-state index contributed by atoms with van der Waals surface area (Å²) in [5.41, 5.74) is 5.84. The van der Waals surface area contributed by atoms with Crippen LogP contribution >= 0.6 is 0 Å². The molecule has 3 heteroatoms. The van der Waals surface area contributed by atoms with Crippen molar-refractivity contribution >= 4 is 0 Å². The second kappa shape index (κ2) is 8.13. The molecular formula is C15H33N3. The van der Waals surface area contributed by atoms with E-state index in [1.807, 2.05) is 0 Å². The van der Waals surface area contributed by atoms with Crippen LogP contribution in [0.25, 0.3) is 0 Å². The summed E-state index contributed by atoms with van der Waals surface area (Å²) in [6, 6.07) is 0. The van der Waals surface area contributed by atoms with Gasteiger partial charge in [0.05, 0.1) is 0 Å². The fourth-order valence-electron chi connectivity index (χ4n) is 2.80. The van der Waals surface area contributed by atoms with Gasteiger partial charge in [-0.1, -0.05) is 13.8 Å². The minimum Gasteiger partial charge on any atom is -0.330 e. The lowest BCUT2D eigenvalue weighted by Crippen LogP contribution is -2.35. The summed E-state index contributed by atoms with van der Waals surface area (Å²) in [6.07, 6.45) is 4.13. The molecule has 1 rings (SSSR count). The molecule has 1 aliphatic rings. The van der Waals surface area contributed by atoms with Gasteiger partial charge in [0, 0.05) is 6.54 Å². The zero-order valence-electron chi connectivity index (χ0n) is 12.9. The van der Waals surface area contributed by atoms with Gasteiger partial charge in [-0.3, -0.25) is 0 Å². The third-order valence-corrected chi connectivity index (χ3v) is 4.55. The average molecular weight is 255 g/mol. The third kappa shape index (κ3) is 5.68. The van der Waals surface area contributed by atoms with Crippen LogP contribution in [0, 0.1) is 17.8 Å². The molecule has 1 fully saturated rings. The van der Waals surface area contributed by atoms with Crippen molar-refractivity contribution in [3.63, 3.8) is 0 Å². The highest BCUT2D eigenvalue weighted by atomic mass is 15.1. The first-order valence-electron chi connectivity index (χ1n) is 7.60. The maximum Gasteiger partial charge on any atom is 0.00211 e. The highest BCUT2D eigenvalue weighted by Crippen LogP contribution is 2.20. The monoisotopic (exact) mass is 255 g/mol. The average Bonchev–Trinajstić information content (AvgIpc) is 2.35. The van der Waals surface area contributed by atoms with Crippen LogP contribution in [0.1, 0.15) is 33.1 Å². The van der Waals surface area contributed by atoms with Crippen molar-refractivity contribution in [2.75, 3.05) is 46.8 Å². The topological polar surface area (TPSA) is 32.5 Å². The van der Waals surface area contributed by atoms with Crippen LogP contribution in [0.3, 0.4) is 0 Å². The summed E-state index contributed by atoms with van der Waals surface area (Å²) in [6.45, 7) is 10.3. The smallest absolute Gasteiger partial charge is 0.00211 e. The Kier molecular flexibility index (Phi) is 7.20. The molecule has 1 heterocycles. The number of likely N-dealkylation sites (tertiary alicyclic amines) is 1.